The molecular weight excluding hydrogens is 702 g/mol. The minimum atomic E-state index is -0.820. The fourth-order valence-electron chi connectivity index (χ4n) is 6.74. The van der Waals surface area contributed by atoms with Gasteiger partial charge in [0, 0.05) is 62.1 Å². The highest BCUT2D eigenvalue weighted by atomic mass is 35.5. The fraction of sp³-hybridized carbons (Fsp3) is 0.622. The van der Waals surface area contributed by atoms with Crippen LogP contribution in [0.15, 0.2) is 34.3 Å². The number of ketones is 3. The molecule has 12 N–H and O–H groups in total. The summed E-state index contributed by atoms with van der Waals surface area (Å²) in [6.45, 7) is 1.50. The molecule has 1 aliphatic carbocycles. The topological polar surface area (TPSA) is 281 Å². The van der Waals surface area contributed by atoms with Crippen LogP contribution in [0.2, 0.25) is 5.02 Å². The van der Waals surface area contributed by atoms with Crippen LogP contribution in [-0.4, -0.2) is 72.7 Å². The Morgan fingerprint density at radius 1 is 0.774 bits per heavy atom. The molecule has 3 amide bonds. The van der Waals surface area contributed by atoms with Crippen LogP contribution in [-0.2, 0) is 35.2 Å². The summed E-state index contributed by atoms with van der Waals surface area (Å²) < 4.78 is 0. The standard InChI is InChI=1S/C37H58ClN9O6/c1-23(48)47-31(10-6-16-45-37(42)43)33(51)21-28(18-24-7-3-2-4-8-24)35(53)46-22-30(49)19-26(9-5-15-44-36(40)41)32(50)20-27(34(39)52)17-25-11-13-29(38)14-12-25/h11-14,24,26-28,31H,2-10,15-22H2,1H3,(H2,39,52)(H,46,53)(H,47,48)(H4,40,41,44)(H4,42,43,45)/t26-,27?,28?,31?/m0/s1. The number of benzene rings is 1. The van der Waals surface area contributed by atoms with Crippen molar-refractivity contribution in [1.29, 1.82) is 0 Å². The van der Waals surface area contributed by atoms with E-state index in [2.05, 4.69) is 20.6 Å². The average Bonchev–Trinajstić information content (AvgIpc) is 3.10. The Labute approximate surface area is 317 Å². The highest BCUT2D eigenvalue weighted by Gasteiger charge is 2.31. The molecule has 0 aliphatic heterocycles. The molecule has 294 valence electrons. The number of amides is 3. The van der Waals surface area contributed by atoms with Crippen molar-refractivity contribution >= 4 is 58.6 Å². The predicted octanol–water partition coefficient (Wildman–Crippen LogP) is 1.79. The van der Waals surface area contributed by atoms with Gasteiger partial charge in [-0.3, -0.25) is 38.8 Å². The minimum Gasteiger partial charge on any atom is -0.370 e. The van der Waals surface area contributed by atoms with E-state index in [4.69, 9.17) is 40.3 Å². The molecule has 2 rings (SSSR count). The van der Waals surface area contributed by atoms with Crippen molar-refractivity contribution in [2.75, 3.05) is 19.6 Å². The van der Waals surface area contributed by atoms with Crippen LogP contribution in [0.5, 0.6) is 0 Å². The van der Waals surface area contributed by atoms with E-state index in [1.807, 2.05) is 0 Å². The van der Waals surface area contributed by atoms with E-state index in [9.17, 15) is 28.8 Å². The Bertz CT molecular complexity index is 1440. The normalized spacial score (nSPS) is 15.2. The predicted molar refractivity (Wildman–Crippen MR) is 205 cm³/mol. The van der Waals surface area contributed by atoms with Gasteiger partial charge in [-0.25, -0.2) is 0 Å². The van der Waals surface area contributed by atoms with Crippen molar-refractivity contribution in [1.82, 2.24) is 10.6 Å². The first-order chi connectivity index (χ1) is 25.1. The molecule has 53 heavy (non-hydrogen) atoms. The quantitative estimate of drug-likeness (QED) is 0.0431. The zero-order valence-electron chi connectivity index (χ0n) is 30.8. The molecule has 0 heterocycles. The maximum Gasteiger partial charge on any atom is 0.223 e. The second kappa shape index (κ2) is 23.9. The van der Waals surface area contributed by atoms with Crippen LogP contribution in [0.25, 0.3) is 0 Å². The lowest BCUT2D eigenvalue weighted by molar-refractivity contribution is -0.133. The summed E-state index contributed by atoms with van der Waals surface area (Å²) in [6.07, 6.45) is 6.73. The van der Waals surface area contributed by atoms with Crippen LogP contribution >= 0.6 is 11.6 Å². The van der Waals surface area contributed by atoms with Crippen molar-refractivity contribution in [2.45, 2.75) is 103 Å². The number of hydrogen-bond acceptors (Lipinski definition) is 8. The first-order valence-corrected chi connectivity index (χ1v) is 18.8. The molecule has 0 spiro atoms. The van der Waals surface area contributed by atoms with Crippen molar-refractivity contribution < 1.29 is 28.8 Å². The number of nitrogens with one attached hydrogen (secondary N) is 2. The SMILES string of the molecule is CC(=O)NC(CCCN=C(N)N)C(=O)CC(CC1CCCCC1)C(=O)NCC(=O)C[C@H](CCCN=C(N)N)C(=O)CC(Cc1ccc(Cl)cc1)C(N)=O. The number of Topliss-reactive ketones (excluding diaryl/α,β-unsaturated/α-hetero) is 3. The summed E-state index contributed by atoms with van der Waals surface area (Å²) in [7, 11) is 0. The maximum atomic E-state index is 13.6. The molecule has 1 aromatic carbocycles. The molecule has 1 aromatic rings. The van der Waals surface area contributed by atoms with Gasteiger partial charge in [0.05, 0.1) is 12.6 Å². The molecule has 0 aromatic heterocycles. The first kappa shape index (κ1) is 44.6. The summed E-state index contributed by atoms with van der Waals surface area (Å²) in [6, 6.07) is 6.06. The number of guanidine groups is 2. The molecular formula is C37H58ClN9O6. The maximum absolute atomic E-state index is 13.6. The van der Waals surface area contributed by atoms with E-state index in [-0.39, 0.29) is 92.8 Å². The summed E-state index contributed by atoms with van der Waals surface area (Å²) in [4.78, 5) is 86.2. The number of nitrogens with two attached hydrogens (primary N) is 5. The number of aliphatic imine (C=N–C) groups is 2. The molecule has 0 bridgehead atoms. The Hall–Kier alpha value is -4.53. The second-order valence-electron chi connectivity index (χ2n) is 14.0. The molecule has 0 saturated heterocycles. The van der Waals surface area contributed by atoms with Gasteiger partial charge in [-0.2, -0.15) is 0 Å². The summed E-state index contributed by atoms with van der Waals surface area (Å²) in [5.41, 5.74) is 28.1. The number of carbonyl (C=O) groups is 6. The molecule has 0 radical (unpaired) electrons. The summed E-state index contributed by atoms with van der Waals surface area (Å²) in [5, 5.41) is 5.94. The zero-order chi connectivity index (χ0) is 39.3. The Balaban J connectivity index is 2.14. The summed E-state index contributed by atoms with van der Waals surface area (Å²) >= 11 is 5.98. The van der Waals surface area contributed by atoms with Crippen molar-refractivity contribution in [2.24, 2.45) is 62.3 Å². The molecule has 16 heteroatoms. The van der Waals surface area contributed by atoms with Gasteiger partial charge in [0.15, 0.2) is 23.5 Å². The lowest BCUT2D eigenvalue weighted by Gasteiger charge is -2.27. The molecule has 15 nitrogen and oxygen atoms in total. The van der Waals surface area contributed by atoms with E-state index < -0.39 is 35.6 Å². The Kier molecular flexibility index (Phi) is 20.1. The van der Waals surface area contributed by atoms with Gasteiger partial charge in [-0.15, -0.1) is 0 Å². The lowest BCUT2D eigenvalue weighted by Crippen LogP contribution is -2.43. The third-order valence-electron chi connectivity index (χ3n) is 9.51. The van der Waals surface area contributed by atoms with Crippen LogP contribution in [0, 0.1) is 23.7 Å². The van der Waals surface area contributed by atoms with Crippen LogP contribution in [0.4, 0.5) is 0 Å². The van der Waals surface area contributed by atoms with Gasteiger partial charge < -0.3 is 39.3 Å². The Morgan fingerprint density at radius 3 is 1.92 bits per heavy atom. The molecule has 1 saturated carbocycles. The second-order valence-corrected chi connectivity index (χ2v) is 14.5. The van der Waals surface area contributed by atoms with Gasteiger partial charge in [-0.05, 0) is 62.1 Å². The Morgan fingerprint density at radius 2 is 1.36 bits per heavy atom. The van der Waals surface area contributed by atoms with Crippen molar-refractivity contribution in [3.63, 3.8) is 0 Å². The summed E-state index contributed by atoms with van der Waals surface area (Å²) in [5.74, 6) is -4.64. The van der Waals surface area contributed by atoms with Gasteiger partial charge in [0.2, 0.25) is 17.7 Å². The molecule has 3 unspecified atom stereocenters. The molecule has 1 aliphatic rings. The van der Waals surface area contributed by atoms with Crippen molar-refractivity contribution in [3.05, 3.63) is 34.9 Å². The third kappa shape index (κ3) is 18.7. The molecule has 4 atom stereocenters. The monoisotopic (exact) mass is 759 g/mol. The third-order valence-corrected chi connectivity index (χ3v) is 9.76. The van der Waals surface area contributed by atoms with Gasteiger partial charge in [0.1, 0.15) is 5.78 Å². The van der Waals surface area contributed by atoms with Gasteiger partial charge in [-0.1, -0.05) is 55.8 Å². The number of primary amides is 1. The zero-order valence-corrected chi connectivity index (χ0v) is 31.6. The highest BCUT2D eigenvalue weighted by Crippen LogP contribution is 2.31. The van der Waals surface area contributed by atoms with E-state index in [1.54, 1.807) is 24.3 Å². The van der Waals surface area contributed by atoms with Crippen LogP contribution < -0.4 is 39.3 Å². The number of nitrogens with zero attached hydrogens (tertiary/aromatic N) is 2. The van der Waals surface area contributed by atoms with E-state index in [0.717, 1.165) is 37.7 Å². The van der Waals surface area contributed by atoms with E-state index in [0.29, 0.717) is 30.7 Å². The number of hydrogen-bond donors (Lipinski definition) is 7. The van der Waals surface area contributed by atoms with Crippen molar-refractivity contribution in [3.8, 4) is 0 Å². The van der Waals surface area contributed by atoms with E-state index >= 15 is 0 Å². The lowest BCUT2D eigenvalue weighted by atomic mass is 9.80. The van der Waals surface area contributed by atoms with E-state index in [1.165, 1.54) is 6.92 Å². The molecule has 1 fully saturated rings. The first-order valence-electron chi connectivity index (χ1n) is 18.4. The largest absolute Gasteiger partial charge is 0.370 e. The fourth-order valence-corrected chi connectivity index (χ4v) is 6.87. The van der Waals surface area contributed by atoms with Gasteiger partial charge >= 0.3 is 0 Å². The van der Waals surface area contributed by atoms with Crippen LogP contribution in [0.1, 0.15) is 96.0 Å². The average molecular weight is 760 g/mol. The van der Waals surface area contributed by atoms with Crippen LogP contribution in [0.3, 0.4) is 0 Å². The highest BCUT2D eigenvalue weighted by molar-refractivity contribution is 6.30. The minimum absolute atomic E-state index is 0.0724. The smallest absolute Gasteiger partial charge is 0.223 e. The number of rotatable bonds is 25. The number of carbonyl (C=O) groups excluding carboxylic acids is 6. The van der Waals surface area contributed by atoms with Gasteiger partial charge in [0.25, 0.3) is 0 Å². The number of halogens is 1.